The molecular weight excluding hydrogens is 368 g/mol. The number of ether oxygens (including phenoxy) is 2. The number of hydrogen-bond donors (Lipinski definition) is 0. The van der Waals surface area contributed by atoms with Crippen LogP contribution in [0.2, 0.25) is 0 Å². The number of rotatable bonds is 6. The van der Waals surface area contributed by atoms with Crippen molar-refractivity contribution in [3.8, 4) is 5.75 Å². The van der Waals surface area contributed by atoms with Crippen LogP contribution in [0.15, 0.2) is 59.7 Å². The fourth-order valence-electron chi connectivity index (χ4n) is 3.59. The van der Waals surface area contributed by atoms with Gasteiger partial charge in [-0.15, -0.1) is 0 Å². The van der Waals surface area contributed by atoms with Gasteiger partial charge in [-0.3, -0.25) is 9.59 Å². The summed E-state index contributed by atoms with van der Waals surface area (Å²) in [5, 5.41) is 6.04. The van der Waals surface area contributed by atoms with E-state index >= 15 is 0 Å². The third kappa shape index (κ3) is 4.16. The van der Waals surface area contributed by atoms with E-state index in [0.29, 0.717) is 12.3 Å². The average molecular weight is 392 g/mol. The second-order valence-electron chi connectivity index (χ2n) is 7.57. The molecule has 0 spiro atoms. The fraction of sp³-hybridized carbons (Fsp3) is 0.348. The second-order valence-corrected chi connectivity index (χ2v) is 7.57. The smallest absolute Gasteiger partial charge is 0.309 e. The van der Waals surface area contributed by atoms with Crippen molar-refractivity contribution in [1.82, 2.24) is 5.01 Å². The number of nitrogens with zero attached hydrogens (tertiary/aromatic N) is 2. The molecule has 1 aliphatic carbocycles. The number of methoxy groups -OCH3 is 1. The normalized spacial score (nSPS) is 22.8. The molecule has 1 saturated carbocycles. The Bertz CT molecular complexity index is 924. The van der Waals surface area contributed by atoms with Gasteiger partial charge in [-0.2, -0.15) is 5.10 Å². The van der Waals surface area contributed by atoms with Crippen LogP contribution in [0, 0.1) is 11.8 Å². The fourth-order valence-corrected chi connectivity index (χ4v) is 3.59. The Morgan fingerprint density at radius 3 is 2.41 bits per heavy atom. The molecule has 0 unspecified atom stereocenters. The maximum absolute atomic E-state index is 12.9. The molecule has 4 rings (SSSR count). The first-order chi connectivity index (χ1) is 14.1. The van der Waals surface area contributed by atoms with Crippen molar-refractivity contribution in [2.45, 2.75) is 25.8 Å². The Morgan fingerprint density at radius 2 is 1.79 bits per heavy atom. The molecule has 0 bridgehead atoms. The quantitative estimate of drug-likeness (QED) is 0.705. The lowest BCUT2D eigenvalue weighted by molar-refractivity contribution is -0.154. The number of hydrazone groups is 1. The van der Waals surface area contributed by atoms with E-state index in [0.717, 1.165) is 29.0 Å². The van der Waals surface area contributed by atoms with Crippen molar-refractivity contribution < 1.29 is 19.1 Å². The molecular formula is C23H24N2O4. The van der Waals surface area contributed by atoms with E-state index in [4.69, 9.17) is 9.47 Å². The highest BCUT2D eigenvalue weighted by molar-refractivity contribution is 6.03. The Morgan fingerprint density at radius 1 is 1.10 bits per heavy atom. The lowest BCUT2D eigenvalue weighted by Crippen LogP contribution is -2.31. The maximum atomic E-state index is 12.9. The van der Waals surface area contributed by atoms with Crippen molar-refractivity contribution in [2.24, 2.45) is 16.9 Å². The van der Waals surface area contributed by atoms with E-state index in [1.807, 2.05) is 61.5 Å². The first-order valence-corrected chi connectivity index (χ1v) is 9.82. The van der Waals surface area contributed by atoms with Crippen molar-refractivity contribution in [2.75, 3.05) is 13.7 Å². The van der Waals surface area contributed by atoms with Crippen LogP contribution < -0.4 is 4.74 Å². The van der Waals surface area contributed by atoms with Crippen LogP contribution in [-0.2, 0) is 14.3 Å². The van der Waals surface area contributed by atoms with Gasteiger partial charge in [0, 0.05) is 6.42 Å². The van der Waals surface area contributed by atoms with Gasteiger partial charge in [-0.05, 0) is 35.6 Å². The minimum Gasteiger partial charge on any atom is -0.497 e. The highest BCUT2D eigenvalue weighted by Gasteiger charge is 2.41. The van der Waals surface area contributed by atoms with Crippen LogP contribution in [0.5, 0.6) is 5.75 Å². The van der Waals surface area contributed by atoms with Gasteiger partial charge >= 0.3 is 5.97 Å². The molecule has 6 heteroatoms. The van der Waals surface area contributed by atoms with Crippen molar-refractivity contribution in [3.63, 3.8) is 0 Å². The standard InChI is InChI=1S/C23H24N2O4/c1-15-12-19(15)23(27)29-14-22(26)25-21(17-8-10-18(28-2)11-9-17)13-20(24-25)16-6-4-3-5-7-16/h3-11,15,19,21H,12-14H2,1-2H3/t15-,19-,21+/m1/s1. The lowest BCUT2D eigenvalue weighted by atomic mass is 9.98. The molecule has 0 N–H and O–H groups in total. The molecule has 0 saturated heterocycles. The predicted molar refractivity (Wildman–Crippen MR) is 108 cm³/mol. The molecule has 29 heavy (non-hydrogen) atoms. The van der Waals surface area contributed by atoms with Gasteiger partial charge in [0.15, 0.2) is 6.61 Å². The number of hydrogen-bond acceptors (Lipinski definition) is 5. The summed E-state index contributed by atoms with van der Waals surface area (Å²) >= 11 is 0. The minimum absolute atomic E-state index is 0.0675. The Balaban J connectivity index is 1.53. The molecule has 3 atom stereocenters. The van der Waals surface area contributed by atoms with Crippen LogP contribution in [0.3, 0.4) is 0 Å². The van der Waals surface area contributed by atoms with Gasteiger partial charge in [-0.25, -0.2) is 5.01 Å². The first-order valence-electron chi connectivity index (χ1n) is 9.82. The molecule has 6 nitrogen and oxygen atoms in total. The number of carbonyl (C=O) groups excluding carboxylic acids is 2. The molecule has 0 aromatic heterocycles. The Labute approximate surface area is 170 Å². The largest absolute Gasteiger partial charge is 0.497 e. The number of benzene rings is 2. The molecule has 1 aliphatic heterocycles. The molecule has 1 fully saturated rings. The molecule has 0 radical (unpaired) electrons. The third-order valence-corrected chi connectivity index (χ3v) is 5.52. The maximum Gasteiger partial charge on any atom is 0.309 e. The van der Waals surface area contributed by atoms with Crippen molar-refractivity contribution in [3.05, 3.63) is 65.7 Å². The molecule has 2 aliphatic rings. The Hall–Kier alpha value is -3.15. The summed E-state index contributed by atoms with van der Waals surface area (Å²) in [6.07, 6.45) is 1.43. The molecule has 1 heterocycles. The summed E-state index contributed by atoms with van der Waals surface area (Å²) in [5.41, 5.74) is 2.77. The monoisotopic (exact) mass is 392 g/mol. The lowest BCUT2D eigenvalue weighted by Gasteiger charge is -2.22. The number of esters is 1. The SMILES string of the molecule is COc1ccc([C@@H]2CC(c3ccccc3)=NN2C(=O)COC(=O)[C@@H]2C[C@H]2C)cc1. The summed E-state index contributed by atoms with van der Waals surface area (Å²) in [7, 11) is 1.62. The molecule has 1 amide bonds. The van der Waals surface area contributed by atoms with E-state index in [9.17, 15) is 9.59 Å². The van der Waals surface area contributed by atoms with Crippen LogP contribution in [0.25, 0.3) is 0 Å². The second kappa shape index (κ2) is 8.07. The third-order valence-electron chi connectivity index (χ3n) is 5.52. The number of amides is 1. The van der Waals surface area contributed by atoms with E-state index in [1.54, 1.807) is 7.11 Å². The van der Waals surface area contributed by atoms with Crippen molar-refractivity contribution in [1.29, 1.82) is 0 Å². The zero-order valence-electron chi connectivity index (χ0n) is 16.6. The van der Waals surface area contributed by atoms with E-state index in [2.05, 4.69) is 5.10 Å². The van der Waals surface area contributed by atoms with E-state index in [-0.39, 0.29) is 30.4 Å². The summed E-state index contributed by atoms with van der Waals surface area (Å²) in [4.78, 5) is 24.9. The van der Waals surface area contributed by atoms with E-state index in [1.165, 1.54) is 5.01 Å². The summed E-state index contributed by atoms with van der Waals surface area (Å²) in [6, 6.07) is 17.2. The van der Waals surface area contributed by atoms with Crippen LogP contribution in [-0.4, -0.2) is 36.3 Å². The first kappa shape index (κ1) is 19.2. The topological polar surface area (TPSA) is 68.2 Å². The van der Waals surface area contributed by atoms with Crippen molar-refractivity contribution >= 4 is 17.6 Å². The highest BCUT2D eigenvalue weighted by atomic mass is 16.5. The summed E-state index contributed by atoms with van der Waals surface area (Å²) < 4.78 is 10.5. The van der Waals surface area contributed by atoms with Gasteiger partial charge in [0.05, 0.1) is 24.8 Å². The highest BCUT2D eigenvalue weighted by Crippen LogP contribution is 2.39. The summed E-state index contributed by atoms with van der Waals surface area (Å²) in [5.74, 6) is 0.416. The predicted octanol–water partition coefficient (Wildman–Crippen LogP) is 3.57. The zero-order valence-corrected chi connectivity index (χ0v) is 16.6. The van der Waals surface area contributed by atoms with Gasteiger partial charge in [0.25, 0.3) is 5.91 Å². The Kier molecular flexibility index (Phi) is 5.34. The van der Waals surface area contributed by atoms with Crippen LogP contribution in [0.4, 0.5) is 0 Å². The zero-order chi connectivity index (χ0) is 20.4. The van der Waals surface area contributed by atoms with Gasteiger partial charge in [-0.1, -0.05) is 49.4 Å². The average Bonchev–Trinajstić information content (AvgIpc) is 3.33. The van der Waals surface area contributed by atoms with Gasteiger partial charge in [0.2, 0.25) is 0 Å². The van der Waals surface area contributed by atoms with Gasteiger partial charge < -0.3 is 9.47 Å². The summed E-state index contributed by atoms with van der Waals surface area (Å²) in [6.45, 7) is 1.71. The molecule has 2 aromatic carbocycles. The number of carbonyl (C=O) groups is 2. The minimum atomic E-state index is -0.321. The van der Waals surface area contributed by atoms with E-state index < -0.39 is 0 Å². The molecule has 2 aromatic rings. The van der Waals surface area contributed by atoms with Crippen LogP contribution in [0.1, 0.15) is 36.9 Å². The van der Waals surface area contributed by atoms with Gasteiger partial charge in [0.1, 0.15) is 5.75 Å². The molecule has 150 valence electrons. The van der Waals surface area contributed by atoms with Crippen LogP contribution >= 0.6 is 0 Å².